The minimum Gasteiger partial charge on any atom is -0.481 e. The molecule has 1 aliphatic heterocycles. The van der Waals surface area contributed by atoms with E-state index in [0.717, 1.165) is 10.6 Å². The minimum absolute atomic E-state index is 0.0515. The van der Waals surface area contributed by atoms with E-state index in [1.807, 2.05) is 13.8 Å². The first-order valence-electron chi connectivity index (χ1n) is 8.96. The molecule has 1 atom stereocenters. The smallest absolute Gasteiger partial charge is 0.311 e. The number of carboxylic acids is 1. The number of halogens is 1. The van der Waals surface area contributed by atoms with Gasteiger partial charge in [0.1, 0.15) is 10.7 Å². The third-order valence-electron chi connectivity index (χ3n) is 5.42. The highest BCUT2D eigenvalue weighted by Gasteiger charge is 2.48. The lowest BCUT2D eigenvalue weighted by Crippen LogP contribution is -2.40. The fourth-order valence-electron chi connectivity index (χ4n) is 3.55. The van der Waals surface area contributed by atoms with E-state index in [2.05, 4.69) is 4.98 Å². The quantitative estimate of drug-likeness (QED) is 0.844. The van der Waals surface area contributed by atoms with Crippen molar-refractivity contribution in [1.29, 1.82) is 0 Å². The largest absolute Gasteiger partial charge is 0.481 e. The number of carbonyl (C=O) groups excluding carboxylic acids is 1. The summed E-state index contributed by atoms with van der Waals surface area (Å²) >= 11 is 1.33. The van der Waals surface area contributed by atoms with E-state index >= 15 is 0 Å². The number of carbonyl (C=O) groups is 2. The van der Waals surface area contributed by atoms with Gasteiger partial charge in [-0.15, -0.1) is 11.3 Å². The maximum absolute atomic E-state index is 13.0. The molecule has 2 heterocycles. The third-order valence-corrected chi connectivity index (χ3v) is 6.57. The summed E-state index contributed by atoms with van der Waals surface area (Å²) in [5.41, 5.74) is 0.695. The van der Waals surface area contributed by atoms with E-state index in [9.17, 15) is 19.1 Å². The van der Waals surface area contributed by atoms with E-state index < -0.39 is 11.4 Å². The molecule has 1 N–H and O–H groups in total. The van der Waals surface area contributed by atoms with E-state index in [-0.39, 0.29) is 24.2 Å². The van der Waals surface area contributed by atoms with Gasteiger partial charge in [-0.05, 0) is 37.0 Å². The van der Waals surface area contributed by atoms with Gasteiger partial charge in [-0.1, -0.05) is 26.0 Å². The average molecular weight is 390 g/mol. The second kappa shape index (κ2) is 7.38. The fraction of sp³-hybridized carbons (Fsp3) is 0.450. The van der Waals surface area contributed by atoms with Crippen LogP contribution in [0.3, 0.4) is 0 Å². The van der Waals surface area contributed by atoms with Crippen LogP contribution in [-0.4, -0.2) is 40.0 Å². The van der Waals surface area contributed by atoms with Crippen LogP contribution in [0.5, 0.6) is 0 Å². The zero-order valence-corrected chi connectivity index (χ0v) is 16.5. The van der Waals surface area contributed by atoms with Crippen molar-refractivity contribution in [3.63, 3.8) is 0 Å². The first-order valence-corrected chi connectivity index (χ1v) is 9.78. The van der Waals surface area contributed by atoms with Crippen molar-refractivity contribution in [2.24, 2.45) is 11.3 Å². The molecule has 1 aromatic carbocycles. The Bertz CT molecular complexity index is 863. The molecule has 1 saturated heterocycles. The number of rotatable bonds is 5. The summed E-state index contributed by atoms with van der Waals surface area (Å²) in [5.74, 6) is -1.33. The second-order valence-corrected chi connectivity index (χ2v) is 8.50. The Balaban J connectivity index is 1.77. The molecule has 1 amide bonds. The summed E-state index contributed by atoms with van der Waals surface area (Å²) in [6.45, 7) is 6.24. The topological polar surface area (TPSA) is 70.5 Å². The van der Waals surface area contributed by atoms with Gasteiger partial charge in [0.15, 0.2) is 0 Å². The highest BCUT2D eigenvalue weighted by molar-refractivity contribution is 7.13. The molecule has 1 unspecified atom stereocenters. The predicted octanol–water partition coefficient (Wildman–Crippen LogP) is 3.75. The maximum atomic E-state index is 13.0. The Morgan fingerprint density at radius 2 is 2.00 bits per heavy atom. The summed E-state index contributed by atoms with van der Waals surface area (Å²) in [6.07, 6.45) is 0.996. The van der Waals surface area contributed by atoms with Crippen LogP contribution < -0.4 is 0 Å². The molecule has 1 aliphatic rings. The van der Waals surface area contributed by atoms with Gasteiger partial charge in [0, 0.05) is 19.5 Å². The Hall–Kier alpha value is -2.28. The van der Waals surface area contributed by atoms with Crippen molar-refractivity contribution < 1.29 is 19.1 Å². The molecule has 1 fully saturated rings. The lowest BCUT2D eigenvalue weighted by Gasteiger charge is -2.28. The standard InChI is InChI=1S/C20H23FN2O3S/c1-12(2)20(19(25)26)8-9-23(11-20)18(24)17-13(3)22-16(27-17)10-14-4-6-15(21)7-5-14/h4-7,12H,8-11H2,1-3H3,(H,25,26). The van der Waals surface area contributed by atoms with Crippen LogP contribution in [0.4, 0.5) is 4.39 Å². The van der Waals surface area contributed by atoms with Crippen LogP contribution in [0.2, 0.25) is 0 Å². The lowest BCUT2D eigenvalue weighted by atomic mass is 9.76. The molecule has 144 valence electrons. The normalized spacial score (nSPS) is 19.7. The van der Waals surface area contributed by atoms with Gasteiger partial charge in [-0.2, -0.15) is 0 Å². The first-order chi connectivity index (χ1) is 12.7. The number of amides is 1. The fourth-order valence-corrected chi connectivity index (χ4v) is 4.61. The van der Waals surface area contributed by atoms with Crippen LogP contribution in [0.1, 0.15) is 46.2 Å². The number of carboxylic acid groups (broad SMARTS) is 1. The summed E-state index contributed by atoms with van der Waals surface area (Å²) in [6, 6.07) is 6.22. The molecular weight excluding hydrogens is 367 g/mol. The summed E-state index contributed by atoms with van der Waals surface area (Å²) in [4.78, 5) is 31.4. The van der Waals surface area contributed by atoms with Gasteiger partial charge in [0.25, 0.3) is 5.91 Å². The molecule has 0 spiro atoms. The molecular formula is C20H23FN2O3S. The van der Waals surface area contributed by atoms with Crippen molar-refractivity contribution >= 4 is 23.2 Å². The zero-order chi connectivity index (χ0) is 19.8. The molecule has 27 heavy (non-hydrogen) atoms. The SMILES string of the molecule is Cc1nc(Cc2ccc(F)cc2)sc1C(=O)N1CCC(C(=O)O)(C(C)C)C1. The van der Waals surface area contributed by atoms with Gasteiger partial charge in [0.05, 0.1) is 16.1 Å². The Morgan fingerprint density at radius 3 is 2.56 bits per heavy atom. The van der Waals surface area contributed by atoms with Gasteiger partial charge < -0.3 is 10.0 Å². The zero-order valence-electron chi connectivity index (χ0n) is 15.7. The molecule has 3 rings (SSSR count). The number of aromatic nitrogens is 1. The molecule has 0 aliphatic carbocycles. The van der Waals surface area contributed by atoms with E-state index in [4.69, 9.17) is 0 Å². The molecule has 7 heteroatoms. The second-order valence-electron chi connectivity index (χ2n) is 7.42. The number of likely N-dealkylation sites (tertiary alicyclic amines) is 1. The number of hydrogen-bond acceptors (Lipinski definition) is 4. The molecule has 5 nitrogen and oxygen atoms in total. The van der Waals surface area contributed by atoms with E-state index in [0.29, 0.717) is 30.0 Å². The number of aryl methyl sites for hydroxylation is 1. The van der Waals surface area contributed by atoms with E-state index in [1.165, 1.54) is 23.5 Å². The average Bonchev–Trinajstić information content (AvgIpc) is 3.21. The molecule has 1 aromatic heterocycles. The lowest BCUT2D eigenvalue weighted by molar-refractivity contribution is -0.150. The summed E-state index contributed by atoms with van der Waals surface area (Å²) in [7, 11) is 0. The van der Waals surface area contributed by atoms with Crippen LogP contribution in [0.15, 0.2) is 24.3 Å². The molecule has 2 aromatic rings. The van der Waals surface area contributed by atoms with Gasteiger partial charge >= 0.3 is 5.97 Å². The van der Waals surface area contributed by atoms with Crippen molar-refractivity contribution in [3.8, 4) is 0 Å². The Labute approximate surface area is 161 Å². The Kier molecular flexibility index (Phi) is 5.33. The number of nitrogens with zero attached hydrogens (tertiary/aromatic N) is 2. The van der Waals surface area contributed by atoms with Crippen LogP contribution in [0.25, 0.3) is 0 Å². The number of hydrogen-bond donors (Lipinski definition) is 1. The molecule has 0 bridgehead atoms. The van der Waals surface area contributed by atoms with Crippen LogP contribution >= 0.6 is 11.3 Å². The monoisotopic (exact) mass is 390 g/mol. The maximum Gasteiger partial charge on any atom is 0.311 e. The van der Waals surface area contributed by atoms with Crippen molar-refractivity contribution in [3.05, 3.63) is 51.2 Å². The molecule has 0 saturated carbocycles. The highest BCUT2D eigenvalue weighted by atomic mass is 32.1. The number of aliphatic carboxylic acids is 1. The highest BCUT2D eigenvalue weighted by Crippen LogP contribution is 2.39. The van der Waals surface area contributed by atoms with Crippen LogP contribution in [-0.2, 0) is 11.2 Å². The van der Waals surface area contributed by atoms with Crippen molar-refractivity contribution in [2.75, 3.05) is 13.1 Å². The first kappa shape index (κ1) is 19.5. The van der Waals surface area contributed by atoms with Crippen LogP contribution in [0, 0.1) is 24.1 Å². The van der Waals surface area contributed by atoms with Gasteiger partial charge in [-0.25, -0.2) is 9.37 Å². The van der Waals surface area contributed by atoms with Crippen molar-refractivity contribution in [2.45, 2.75) is 33.6 Å². The minimum atomic E-state index is -0.884. The Morgan fingerprint density at radius 1 is 1.33 bits per heavy atom. The third kappa shape index (κ3) is 3.74. The van der Waals surface area contributed by atoms with E-state index in [1.54, 1.807) is 24.0 Å². The van der Waals surface area contributed by atoms with Gasteiger partial charge in [-0.3, -0.25) is 9.59 Å². The number of thiazole rings is 1. The predicted molar refractivity (Wildman–Crippen MR) is 101 cm³/mol. The number of benzene rings is 1. The summed E-state index contributed by atoms with van der Waals surface area (Å²) in [5, 5.41) is 10.5. The molecule has 0 radical (unpaired) electrons. The van der Waals surface area contributed by atoms with Gasteiger partial charge in [0.2, 0.25) is 0 Å². The van der Waals surface area contributed by atoms with Crippen molar-refractivity contribution in [1.82, 2.24) is 9.88 Å². The summed E-state index contributed by atoms with van der Waals surface area (Å²) < 4.78 is 13.0.